The molecule has 8 heteroatoms. The number of amidine groups is 2. The van der Waals surface area contributed by atoms with E-state index in [1.807, 2.05) is 0 Å². The van der Waals surface area contributed by atoms with Gasteiger partial charge >= 0.3 is 0 Å². The lowest BCUT2D eigenvalue weighted by atomic mass is 10.1. The highest BCUT2D eigenvalue weighted by molar-refractivity contribution is 6.32. The first-order chi connectivity index (χ1) is 14.4. The van der Waals surface area contributed by atoms with E-state index < -0.39 is 5.91 Å². The van der Waals surface area contributed by atoms with Crippen LogP contribution in [0.4, 0.5) is 4.39 Å². The van der Waals surface area contributed by atoms with Crippen LogP contribution < -0.4 is 9.47 Å². The van der Waals surface area contributed by atoms with E-state index in [0.29, 0.717) is 28.7 Å². The first-order valence-electron chi connectivity index (χ1n) is 9.10. The molecule has 4 rings (SSSR count). The molecule has 0 aromatic heterocycles. The molecular weight excluding hydrogens is 389 g/mol. The Bertz CT molecular complexity index is 1120. The summed E-state index contributed by atoms with van der Waals surface area (Å²) in [5.74, 6) is 0.888. The van der Waals surface area contributed by atoms with E-state index in [0.717, 1.165) is 5.56 Å². The molecule has 2 heterocycles. The average molecular weight is 407 g/mol. The van der Waals surface area contributed by atoms with Crippen molar-refractivity contribution in [2.24, 2.45) is 4.99 Å². The molecule has 0 unspecified atom stereocenters. The number of hydrogen-bond donors (Lipinski definition) is 1. The van der Waals surface area contributed by atoms with Gasteiger partial charge in [0, 0.05) is 6.08 Å². The van der Waals surface area contributed by atoms with Crippen LogP contribution in [0.1, 0.15) is 18.1 Å². The van der Waals surface area contributed by atoms with E-state index in [-0.39, 0.29) is 23.8 Å². The maximum Gasteiger partial charge on any atom is 0.282 e. The first-order valence-corrected chi connectivity index (χ1v) is 9.10. The van der Waals surface area contributed by atoms with Gasteiger partial charge in [0.25, 0.3) is 5.91 Å². The van der Waals surface area contributed by atoms with E-state index in [1.54, 1.807) is 49.4 Å². The third kappa shape index (κ3) is 3.80. The number of amides is 1. The largest absolute Gasteiger partial charge is 0.493 e. The first kappa shape index (κ1) is 19.4. The van der Waals surface area contributed by atoms with Crippen LogP contribution in [-0.2, 0) is 16.2 Å². The summed E-state index contributed by atoms with van der Waals surface area (Å²) in [5, 5.41) is 9.48. The lowest BCUT2D eigenvalue weighted by Crippen LogP contribution is -2.38. The fourth-order valence-corrected chi connectivity index (χ4v) is 3.00. The van der Waals surface area contributed by atoms with Crippen molar-refractivity contribution in [3.05, 3.63) is 76.8 Å². The van der Waals surface area contributed by atoms with Gasteiger partial charge in [-0.25, -0.2) is 4.39 Å². The molecule has 152 valence electrons. The highest BCUT2D eigenvalue weighted by Gasteiger charge is 2.34. The Morgan fingerprint density at radius 3 is 2.70 bits per heavy atom. The van der Waals surface area contributed by atoms with E-state index >= 15 is 0 Å². The molecule has 2 aliphatic rings. The number of hydrogen-bond acceptors (Lipinski definition) is 5. The van der Waals surface area contributed by atoms with Gasteiger partial charge in [0.2, 0.25) is 0 Å². The summed E-state index contributed by atoms with van der Waals surface area (Å²) in [6, 6.07) is 11.2. The predicted octanol–water partition coefficient (Wildman–Crippen LogP) is 3.86. The topological polar surface area (TPSA) is 84.2 Å². The molecule has 30 heavy (non-hydrogen) atoms. The predicted molar refractivity (Wildman–Crippen MR) is 109 cm³/mol. The minimum Gasteiger partial charge on any atom is -0.493 e. The second-order valence-corrected chi connectivity index (χ2v) is 6.65. The number of carbonyl (C=O) groups is 1. The monoisotopic (exact) mass is 407 g/mol. The van der Waals surface area contributed by atoms with E-state index in [9.17, 15) is 9.18 Å². The Morgan fingerprint density at radius 2 is 1.97 bits per heavy atom. The smallest absolute Gasteiger partial charge is 0.282 e. The summed E-state index contributed by atoms with van der Waals surface area (Å²) in [5.41, 5.74) is 1.55. The molecule has 0 aliphatic carbocycles. The van der Waals surface area contributed by atoms with Crippen molar-refractivity contribution in [2.45, 2.75) is 13.5 Å². The number of methoxy groups -OCH3 is 1. The molecule has 1 N–H and O–H groups in total. The third-order valence-corrected chi connectivity index (χ3v) is 4.49. The Morgan fingerprint density at radius 1 is 1.20 bits per heavy atom. The highest BCUT2D eigenvalue weighted by Crippen LogP contribution is 2.31. The fraction of sp³-hybridized carbons (Fsp3) is 0.136. The molecule has 2 aromatic rings. The number of hydroxylamine groups is 2. The van der Waals surface area contributed by atoms with Crippen molar-refractivity contribution in [1.82, 2.24) is 5.06 Å². The van der Waals surface area contributed by atoms with Crippen molar-refractivity contribution in [3.8, 4) is 11.5 Å². The van der Waals surface area contributed by atoms with Gasteiger partial charge in [0.15, 0.2) is 23.2 Å². The molecule has 1 amide bonds. The van der Waals surface area contributed by atoms with Gasteiger partial charge in [-0.2, -0.15) is 4.99 Å². The van der Waals surface area contributed by atoms with Gasteiger partial charge in [-0.15, -0.1) is 5.06 Å². The molecule has 0 radical (unpaired) electrons. The lowest BCUT2D eigenvalue weighted by molar-refractivity contribution is -0.114. The fourth-order valence-electron chi connectivity index (χ4n) is 3.00. The molecule has 0 bridgehead atoms. The molecule has 0 fully saturated rings. The molecule has 0 atom stereocenters. The standard InChI is InChI=1S/C22H18FN3O4/c1-13-9-20-25-22(27)17(21(24)26(20)30-13)10-15-5-8-18(19(11-15)28-2)29-12-14-3-6-16(23)7-4-14/h3-11,24H,12H2,1-2H3/b17-10-,24-21?. The number of aliphatic imine (C=N–C) groups is 1. The summed E-state index contributed by atoms with van der Waals surface area (Å²) in [4.78, 5) is 21.8. The van der Waals surface area contributed by atoms with Crippen molar-refractivity contribution in [1.29, 1.82) is 5.41 Å². The minimum absolute atomic E-state index is 0.0892. The molecular formula is C22H18FN3O4. The second kappa shape index (κ2) is 7.82. The number of ether oxygens (including phenoxy) is 2. The average Bonchev–Trinajstić information content (AvgIpc) is 3.11. The summed E-state index contributed by atoms with van der Waals surface area (Å²) in [7, 11) is 1.51. The van der Waals surface area contributed by atoms with Gasteiger partial charge in [-0.05, 0) is 48.4 Å². The molecule has 0 saturated heterocycles. The van der Waals surface area contributed by atoms with E-state index in [4.69, 9.17) is 19.7 Å². The Hall–Kier alpha value is -3.94. The van der Waals surface area contributed by atoms with Crippen LogP contribution in [0, 0.1) is 11.2 Å². The number of benzene rings is 2. The van der Waals surface area contributed by atoms with Gasteiger partial charge in [-0.1, -0.05) is 18.2 Å². The van der Waals surface area contributed by atoms with Crippen LogP contribution in [0.3, 0.4) is 0 Å². The van der Waals surface area contributed by atoms with Crippen LogP contribution in [0.2, 0.25) is 0 Å². The summed E-state index contributed by atoms with van der Waals surface area (Å²) in [6.07, 6.45) is 3.15. The summed E-state index contributed by atoms with van der Waals surface area (Å²) < 4.78 is 24.2. The van der Waals surface area contributed by atoms with Crippen LogP contribution >= 0.6 is 0 Å². The minimum atomic E-state index is -0.517. The van der Waals surface area contributed by atoms with Crippen LogP contribution in [0.15, 0.2) is 64.9 Å². The SMILES string of the molecule is COc1cc(/C=C2/C(=N)N3OC(C)=CC3=NC2=O)ccc1OCc1ccc(F)cc1. The Labute approximate surface area is 172 Å². The number of nitrogens with zero attached hydrogens (tertiary/aromatic N) is 2. The zero-order valence-electron chi connectivity index (χ0n) is 16.3. The zero-order chi connectivity index (χ0) is 21.3. The normalized spacial score (nSPS) is 16.8. The quantitative estimate of drug-likeness (QED) is 0.761. The molecule has 0 saturated carbocycles. The zero-order valence-corrected chi connectivity index (χ0v) is 16.3. The summed E-state index contributed by atoms with van der Waals surface area (Å²) >= 11 is 0. The second-order valence-electron chi connectivity index (χ2n) is 6.65. The highest BCUT2D eigenvalue weighted by atomic mass is 19.1. The molecule has 7 nitrogen and oxygen atoms in total. The number of nitrogens with one attached hydrogen (secondary N) is 1. The number of rotatable bonds is 5. The van der Waals surface area contributed by atoms with Crippen molar-refractivity contribution >= 4 is 23.7 Å². The van der Waals surface area contributed by atoms with Gasteiger partial charge in [0.05, 0.1) is 12.7 Å². The summed E-state index contributed by atoms with van der Waals surface area (Å²) in [6.45, 7) is 1.97. The van der Waals surface area contributed by atoms with Crippen LogP contribution in [0.25, 0.3) is 6.08 Å². The molecule has 0 spiro atoms. The maximum atomic E-state index is 13.0. The Balaban J connectivity index is 1.55. The number of fused-ring (bicyclic) bond motifs is 1. The van der Waals surface area contributed by atoms with E-state index in [1.165, 1.54) is 24.3 Å². The molecule has 2 aromatic carbocycles. The maximum absolute atomic E-state index is 13.0. The lowest BCUT2D eigenvalue weighted by Gasteiger charge is -2.23. The van der Waals surface area contributed by atoms with Crippen LogP contribution in [0.5, 0.6) is 11.5 Å². The van der Waals surface area contributed by atoms with Crippen LogP contribution in [-0.4, -0.2) is 29.8 Å². The number of allylic oxidation sites excluding steroid dienone is 1. The van der Waals surface area contributed by atoms with Gasteiger partial charge in [0.1, 0.15) is 18.2 Å². The van der Waals surface area contributed by atoms with Crippen molar-refractivity contribution in [3.63, 3.8) is 0 Å². The van der Waals surface area contributed by atoms with Crippen molar-refractivity contribution < 1.29 is 23.5 Å². The molecule has 2 aliphatic heterocycles. The van der Waals surface area contributed by atoms with E-state index in [2.05, 4.69) is 4.99 Å². The van der Waals surface area contributed by atoms with Gasteiger partial charge in [-0.3, -0.25) is 10.2 Å². The van der Waals surface area contributed by atoms with Gasteiger partial charge < -0.3 is 14.3 Å². The third-order valence-electron chi connectivity index (χ3n) is 4.49. The number of carbonyl (C=O) groups excluding carboxylic acids is 1. The number of halogens is 1. The van der Waals surface area contributed by atoms with Crippen molar-refractivity contribution in [2.75, 3.05) is 7.11 Å². The Kier molecular flexibility index (Phi) is 5.05.